The molecule has 0 saturated heterocycles. The van der Waals surface area contributed by atoms with Crippen LogP contribution in [0, 0.1) is 11.7 Å². The van der Waals surface area contributed by atoms with Gasteiger partial charge in [-0.05, 0) is 43.5 Å². The molecule has 0 saturated carbocycles. The molecule has 1 heterocycles. The number of hydrogen-bond acceptors (Lipinski definition) is 2. The van der Waals surface area contributed by atoms with Gasteiger partial charge in [0.15, 0.2) is 0 Å². The van der Waals surface area contributed by atoms with Crippen molar-refractivity contribution in [3.8, 4) is 5.75 Å². The quantitative estimate of drug-likeness (QED) is 0.784. The first-order valence-corrected chi connectivity index (χ1v) is 6.81. The summed E-state index contributed by atoms with van der Waals surface area (Å²) in [5, 5.41) is 3.41. The lowest BCUT2D eigenvalue weighted by Crippen LogP contribution is -2.30. The Kier molecular flexibility index (Phi) is 4.59. The van der Waals surface area contributed by atoms with Crippen LogP contribution in [0.1, 0.15) is 32.3 Å². The predicted octanol–water partition coefficient (Wildman–Crippen LogP) is 3.16. The maximum atomic E-state index is 13.0. The standard InChI is InChI=1S/C15H22FNO/c1-11(2)4-3-7-17-10-14-9-12-8-13(16)5-6-15(12)18-14/h5-6,8,11,14,17H,3-4,7,9-10H2,1-2H3. The first kappa shape index (κ1) is 13.3. The average Bonchev–Trinajstić information content (AvgIpc) is 2.70. The van der Waals surface area contributed by atoms with Crippen LogP contribution in [0.4, 0.5) is 4.39 Å². The smallest absolute Gasteiger partial charge is 0.123 e. The van der Waals surface area contributed by atoms with Crippen LogP contribution in [0.2, 0.25) is 0 Å². The van der Waals surface area contributed by atoms with Gasteiger partial charge < -0.3 is 10.1 Å². The Balaban J connectivity index is 1.68. The molecule has 1 aromatic rings. The molecule has 3 heteroatoms. The summed E-state index contributed by atoms with van der Waals surface area (Å²) >= 11 is 0. The Bertz CT molecular complexity index is 392. The van der Waals surface area contributed by atoms with Crippen LogP contribution in [0.5, 0.6) is 5.75 Å². The van der Waals surface area contributed by atoms with Crippen LogP contribution in [-0.2, 0) is 6.42 Å². The van der Waals surface area contributed by atoms with Crippen molar-refractivity contribution in [1.29, 1.82) is 0 Å². The molecule has 100 valence electrons. The fourth-order valence-corrected chi connectivity index (χ4v) is 2.30. The van der Waals surface area contributed by atoms with Crippen molar-refractivity contribution >= 4 is 0 Å². The summed E-state index contributed by atoms with van der Waals surface area (Å²) in [6.45, 7) is 6.35. The van der Waals surface area contributed by atoms with Gasteiger partial charge in [0, 0.05) is 18.5 Å². The van der Waals surface area contributed by atoms with Gasteiger partial charge >= 0.3 is 0 Å². The summed E-state index contributed by atoms with van der Waals surface area (Å²) in [5.41, 5.74) is 0.990. The normalized spacial score (nSPS) is 17.9. The van der Waals surface area contributed by atoms with Gasteiger partial charge in [0.05, 0.1) is 0 Å². The molecule has 1 atom stereocenters. The Labute approximate surface area is 109 Å². The highest BCUT2D eigenvalue weighted by atomic mass is 19.1. The van der Waals surface area contributed by atoms with Gasteiger partial charge in [-0.3, -0.25) is 0 Å². The Morgan fingerprint density at radius 1 is 1.44 bits per heavy atom. The molecule has 1 aromatic carbocycles. The van der Waals surface area contributed by atoms with Gasteiger partial charge in [0.1, 0.15) is 17.7 Å². The van der Waals surface area contributed by atoms with E-state index in [1.54, 1.807) is 12.1 Å². The number of halogens is 1. The van der Waals surface area contributed by atoms with Crippen molar-refractivity contribution in [2.24, 2.45) is 5.92 Å². The Hall–Kier alpha value is -1.09. The highest BCUT2D eigenvalue weighted by molar-refractivity contribution is 5.37. The van der Waals surface area contributed by atoms with Crippen LogP contribution >= 0.6 is 0 Å². The summed E-state index contributed by atoms with van der Waals surface area (Å²) in [6.07, 6.45) is 3.42. The molecule has 1 aliphatic heterocycles. The maximum absolute atomic E-state index is 13.0. The van der Waals surface area contributed by atoms with E-state index in [0.29, 0.717) is 0 Å². The lowest BCUT2D eigenvalue weighted by Gasteiger charge is -2.12. The fourth-order valence-electron chi connectivity index (χ4n) is 2.30. The first-order valence-electron chi connectivity index (χ1n) is 6.81. The van der Waals surface area contributed by atoms with E-state index in [4.69, 9.17) is 4.74 Å². The van der Waals surface area contributed by atoms with Crippen molar-refractivity contribution in [2.75, 3.05) is 13.1 Å². The zero-order chi connectivity index (χ0) is 13.0. The number of ether oxygens (including phenoxy) is 1. The highest BCUT2D eigenvalue weighted by Crippen LogP contribution is 2.28. The molecule has 18 heavy (non-hydrogen) atoms. The van der Waals surface area contributed by atoms with E-state index in [1.165, 1.54) is 18.9 Å². The van der Waals surface area contributed by atoms with Crippen LogP contribution in [0.3, 0.4) is 0 Å². The highest BCUT2D eigenvalue weighted by Gasteiger charge is 2.22. The minimum absolute atomic E-state index is 0.154. The summed E-state index contributed by atoms with van der Waals surface area (Å²) in [7, 11) is 0. The van der Waals surface area contributed by atoms with E-state index in [0.717, 1.165) is 36.7 Å². The number of hydrogen-bond donors (Lipinski definition) is 1. The lowest BCUT2D eigenvalue weighted by atomic mass is 10.1. The van der Waals surface area contributed by atoms with Crippen molar-refractivity contribution in [1.82, 2.24) is 5.32 Å². The largest absolute Gasteiger partial charge is 0.488 e. The number of fused-ring (bicyclic) bond motifs is 1. The second-order valence-corrected chi connectivity index (χ2v) is 5.44. The summed E-state index contributed by atoms with van der Waals surface area (Å²) in [4.78, 5) is 0. The molecule has 1 unspecified atom stereocenters. The molecular formula is C15H22FNO. The summed E-state index contributed by atoms with van der Waals surface area (Å²) in [6, 6.07) is 4.76. The Morgan fingerprint density at radius 3 is 3.06 bits per heavy atom. The van der Waals surface area contributed by atoms with Crippen LogP contribution in [-0.4, -0.2) is 19.2 Å². The summed E-state index contributed by atoms with van der Waals surface area (Å²) in [5.74, 6) is 1.43. The third kappa shape index (κ3) is 3.70. The number of benzene rings is 1. The molecule has 0 radical (unpaired) electrons. The minimum atomic E-state index is -0.178. The van der Waals surface area contributed by atoms with Crippen molar-refractivity contribution in [3.05, 3.63) is 29.6 Å². The van der Waals surface area contributed by atoms with E-state index in [-0.39, 0.29) is 11.9 Å². The van der Waals surface area contributed by atoms with Gasteiger partial charge in [0.25, 0.3) is 0 Å². The molecule has 2 nitrogen and oxygen atoms in total. The molecular weight excluding hydrogens is 229 g/mol. The van der Waals surface area contributed by atoms with Crippen molar-refractivity contribution in [2.45, 2.75) is 39.2 Å². The van der Waals surface area contributed by atoms with Crippen LogP contribution in [0.25, 0.3) is 0 Å². The fraction of sp³-hybridized carbons (Fsp3) is 0.600. The minimum Gasteiger partial charge on any atom is -0.488 e. The third-order valence-electron chi connectivity index (χ3n) is 3.27. The molecule has 1 N–H and O–H groups in total. The van der Waals surface area contributed by atoms with E-state index >= 15 is 0 Å². The molecule has 0 fully saturated rings. The van der Waals surface area contributed by atoms with E-state index in [2.05, 4.69) is 19.2 Å². The van der Waals surface area contributed by atoms with Gasteiger partial charge in [-0.1, -0.05) is 13.8 Å². The molecule has 0 spiro atoms. The molecule has 0 amide bonds. The van der Waals surface area contributed by atoms with Gasteiger partial charge in [-0.25, -0.2) is 4.39 Å². The zero-order valence-corrected chi connectivity index (χ0v) is 11.2. The molecule has 0 bridgehead atoms. The zero-order valence-electron chi connectivity index (χ0n) is 11.2. The lowest BCUT2D eigenvalue weighted by molar-refractivity contribution is 0.227. The second kappa shape index (κ2) is 6.19. The van der Waals surface area contributed by atoms with Crippen molar-refractivity contribution in [3.63, 3.8) is 0 Å². The van der Waals surface area contributed by atoms with Crippen molar-refractivity contribution < 1.29 is 9.13 Å². The average molecular weight is 251 g/mol. The second-order valence-electron chi connectivity index (χ2n) is 5.44. The molecule has 2 rings (SSSR count). The monoisotopic (exact) mass is 251 g/mol. The number of rotatable bonds is 6. The third-order valence-corrected chi connectivity index (χ3v) is 3.27. The molecule has 0 aromatic heterocycles. The predicted molar refractivity (Wildman–Crippen MR) is 71.5 cm³/mol. The van der Waals surface area contributed by atoms with E-state index < -0.39 is 0 Å². The van der Waals surface area contributed by atoms with Gasteiger partial charge in [-0.2, -0.15) is 0 Å². The summed E-state index contributed by atoms with van der Waals surface area (Å²) < 4.78 is 18.8. The number of nitrogens with one attached hydrogen (secondary N) is 1. The van der Waals surface area contributed by atoms with E-state index in [9.17, 15) is 4.39 Å². The van der Waals surface area contributed by atoms with E-state index in [1.807, 2.05) is 0 Å². The molecule has 0 aliphatic carbocycles. The Morgan fingerprint density at radius 2 is 2.28 bits per heavy atom. The topological polar surface area (TPSA) is 21.3 Å². The van der Waals surface area contributed by atoms with Crippen LogP contribution < -0.4 is 10.1 Å². The molecule has 1 aliphatic rings. The van der Waals surface area contributed by atoms with Crippen LogP contribution in [0.15, 0.2) is 18.2 Å². The van der Waals surface area contributed by atoms with Gasteiger partial charge in [-0.15, -0.1) is 0 Å². The first-order chi connectivity index (χ1) is 8.65. The van der Waals surface area contributed by atoms with Gasteiger partial charge in [0.2, 0.25) is 0 Å². The SMILES string of the molecule is CC(C)CCCNCC1Cc2cc(F)ccc2O1. The maximum Gasteiger partial charge on any atom is 0.123 e.